The van der Waals surface area contributed by atoms with Gasteiger partial charge in [-0.3, -0.25) is 4.79 Å². The first-order valence-electron chi connectivity index (χ1n) is 8.86. The maximum atomic E-state index is 11.8. The fraction of sp³-hybridized carbons (Fsp3) is 0.238. The molecule has 2 aromatic carbocycles. The highest BCUT2D eigenvalue weighted by molar-refractivity contribution is 6.30. The molecule has 0 aliphatic carbocycles. The summed E-state index contributed by atoms with van der Waals surface area (Å²) in [5.41, 5.74) is 1.83. The molecule has 0 fully saturated rings. The zero-order chi connectivity index (χ0) is 19.8. The normalized spacial score (nSPS) is 12.6. The molecule has 2 aromatic rings. The van der Waals surface area contributed by atoms with Crippen LogP contribution in [-0.2, 0) is 20.7 Å². The average Bonchev–Trinajstić information content (AvgIpc) is 2.72. The number of carbonyl (C=O) groups is 2. The second-order valence-electron chi connectivity index (χ2n) is 6.07. The predicted molar refractivity (Wildman–Crippen MR) is 106 cm³/mol. The van der Waals surface area contributed by atoms with Crippen LogP contribution in [0.25, 0.3) is 6.08 Å². The van der Waals surface area contributed by atoms with Gasteiger partial charge < -0.3 is 19.5 Å². The lowest BCUT2D eigenvalue weighted by Crippen LogP contribution is -2.30. The van der Waals surface area contributed by atoms with Gasteiger partial charge in [0.15, 0.2) is 18.1 Å². The van der Waals surface area contributed by atoms with Gasteiger partial charge in [0.2, 0.25) is 0 Å². The molecule has 3 rings (SSSR count). The number of hydrogen-bond acceptors (Lipinski definition) is 5. The molecule has 0 atom stereocenters. The van der Waals surface area contributed by atoms with Gasteiger partial charge >= 0.3 is 5.97 Å². The zero-order valence-electron chi connectivity index (χ0n) is 15.2. The van der Waals surface area contributed by atoms with Crippen molar-refractivity contribution in [3.05, 3.63) is 64.7 Å². The van der Waals surface area contributed by atoms with E-state index in [0.29, 0.717) is 31.2 Å². The van der Waals surface area contributed by atoms with E-state index in [2.05, 4.69) is 5.32 Å². The van der Waals surface area contributed by atoms with Crippen LogP contribution in [0, 0.1) is 0 Å². The number of benzene rings is 2. The largest absolute Gasteiger partial charge is 0.486 e. The van der Waals surface area contributed by atoms with Crippen LogP contribution in [0.1, 0.15) is 11.1 Å². The number of esters is 1. The smallest absolute Gasteiger partial charge is 0.331 e. The van der Waals surface area contributed by atoms with Gasteiger partial charge in [-0.2, -0.15) is 0 Å². The van der Waals surface area contributed by atoms with Crippen molar-refractivity contribution in [2.75, 3.05) is 26.4 Å². The van der Waals surface area contributed by atoms with E-state index in [0.717, 1.165) is 22.6 Å². The maximum absolute atomic E-state index is 11.8. The Hall–Kier alpha value is -2.99. The van der Waals surface area contributed by atoms with Gasteiger partial charge in [0.25, 0.3) is 5.91 Å². The summed E-state index contributed by atoms with van der Waals surface area (Å²) in [5, 5.41) is 3.34. The standard InChI is InChI=1S/C21H20ClNO5/c22-17-5-1-15(2-6-17)4-8-21(25)28-14-20(24)23-10-9-16-3-7-18-19(13-16)27-12-11-26-18/h1-8,13H,9-12,14H2,(H,23,24)/b8-4+. The van der Waals surface area contributed by atoms with Gasteiger partial charge in [0, 0.05) is 17.6 Å². The van der Waals surface area contributed by atoms with Gasteiger partial charge in [-0.15, -0.1) is 0 Å². The van der Waals surface area contributed by atoms with Crippen molar-refractivity contribution in [2.45, 2.75) is 6.42 Å². The predicted octanol–water partition coefficient (Wildman–Crippen LogP) is 3.03. The minimum Gasteiger partial charge on any atom is -0.486 e. The minimum absolute atomic E-state index is 0.328. The third-order valence-electron chi connectivity index (χ3n) is 3.97. The molecule has 0 aromatic heterocycles. The molecule has 1 heterocycles. The Kier molecular flexibility index (Phi) is 6.92. The highest BCUT2D eigenvalue weighted by atomic mass is 35.5. The molecule has 0 saturated carbocycles. The monoisotopic (exact) mass is 401 g/mol. The lowest BCUT2D eigenvalue weighted by Gasteiger charge is -2.18. The second kappa shape index (κ2) is 9.80. The Morgan fingerprint density at radius 2 is 1.82 bits per heavy atom. The summed E-state index contributed by atoms with van der Waals surface area (Å²) in [6.45, 7) is 1.18. The summed E-state index contributed by atoms with van der Waals surface area (Å²) < 4.78 is 15.9. The van der Waals surface area contributed by atoms with Crippen molar-refractivity contribution in [1.29, 1.82) is 0 Å². The van der Waals surface area contributed by atoms with Crippen LogP contribution in [0.5, 0.6) is 11.5 Å². The third kappa shape index (κ3) is 6.03. The molecule has 0 spiro atoms. The van der Waals surface area contributed by atoms with Gasteiger partial charge in [0.1, 0.15) is 13.2 Å². The van der Waals surface area contributed by atoms with Crippen LogP contribution in [-0.4, -0.2) is 38.2 Å². The quantitative estimate of drug-likeness (QED) is 0.570. The SMILES string of the molecule is O=C(COC(=O)/C=C/c1ccc(Cl)cc1)NCCc1ccc2c(c1)OCCO2. The molecule has 7 heteroatoms. The Morgan fingerprint density at radius 1 is 1.07 bits per heavy atom. The van der Waals surface area contributed by atoms with E-state index in [9.17, 15) is 9.59 Å². The van der Waals surface area contributed by atoms with Crippen molar-refractivity contribution >= 4 is 29.6 Å². The van der Waals surface area contributed by atoms with E-state index in [1.54, 1.807) is 30.3 Å². The second-order valence-corrected chi connectivity index (χ2v) is 6.51. The topological polar surface area (TPSA) is 73.9 Å². The van der Waals surface area contributed by atoms with E-state index < -0.39 is 5.97 Å². The van der Waals surface area contributed by atoms with Crippen molar-refractivity contribution in [3.8, 4) is 11.5 Å². The summed E-state index contributed by atoms with van der Waals surface area (Å²) in [4.78, 5) is 23.5. The van der Waals surface area contributed by atoms with Gasteiger partial charge in [-0.1, -0.05) is 29.8 Å². The molecule has 6 nitrogen and oxygen atoms in total. The molecule has 1 N–H and O–H groups in total. The number of carbonyl (C=O) groups excluding carboxylic acids is 2. The first-order chi connectivity index (χ1) is 13.6. The molecule has 146 valence electrons. The summed E-state index contributed by atoms with van der Waals surface area (Å²) in [6, 6.07) is 12.7. The van der Waals surface area contributed by atoms with Crippen LogP contribution < -0.4 is 14.8 Å². The molecule has 0 unspecified atom stereocenters. The molecule has 28 heavy (non-hydrogen) atoms. The molecular formula is C21H20ClNO5. The van der Waals surface area contributed by atoms with E-state index in [1.165, 1.54) is 6.08 Å². The number of amides is 1. The highest BCUT2D eigenvalue weighted by Crippen LogP contribution is 2.30. The van der Waals surface area contributed by atoms with Gasteiger partial charge in [0.05, 0.1) is 0 Å². The van der Waals surface area contributed by atoms with Crippen LogP contribution in [0.15, 0.2) is 48.5 Å². The van der Waals surface area contributed by atoms with Gasteiger partial charge in [-0.25, -0.2) is 4.79 Å². The van der Waals surface area contributed by atoms with Crippen LogP contribution in [0.4, 0.5) is 0 Å². The Balaban J connectivity index is 1.36. The molecule has 0 radical (unpaired) electrons. The Bertz CT molecular complexity index is 864. The lowest BCUT2D eigenvalue weighted by molar-refractivity contribution is -0.143. The van der Waals surface area contributed by atoms with Crippen molar-refractivity contribution in [2.24, 2.45) is 0 Å². The highest BCUT2D eigenvalue weighted by Gasteiger charge is 2.11. The number of ether oxygens (including phenoxy) is 3. The minimum atomic E-state index is -0.586. The number of nitrogens with one attached hydrogen (secondary N) is 1. The summed E-state index contributed by atoms with van der Waals surface area (Å²) >= 11 is 5.80. The molecular weight excluding hydrogens is 382 g/mol. The van der Waals surface area contributed by atoms with E-state index in [4.69, 9.17) is 25.8 Å². The zero-order valence-corrected chi connectivity index (χ0v) is 15.9. The fourth-order valence-electron chi connectivity index (χ4n) is 2.56. The number of halogens is 1. The van der Waals surface area contributed by atoms with Crippen molar-refractivity contribution in [1.82, 2.24) is 5.32 Å². The molecule has 1 amide bonds. The Morgan fingerprint density at radius 3 is 2.61 bits per heavy atom. The molecule has 0 bridgehead atoms. The van der Waals surface area contributed by atoms with E-state index in [-0.39, 0.29) is 12.5 Å². The summed E-state index contributed by atoms with van der Waals surface area (Å²) in [7, 11) is 0. The fourth-order valence-corrected chi connectivity index (χ4v) is 2.69. The molecule has 1 aliphatic rings. The van der Waals surface area contributed by atoms with Gasteiger partial charge in [-0.05, 0) is 47.9 Å². The number of hydrogen-bond donors (Lipinski definition) is 1. The van der Waals surface area contributed by atoms with Crippen molar-refractivity contribution < 1.29 is 23.8 Å². The molecule has 0 saturated heterocycles. The van der Waals surface area contributed by atoms with Crippen LogP contribution >= 0.6 is 11.6 Å². The number of fused-ring (bicyclic) bond motifs is 1. The maximum Gasteiger partial charge on any atom is 0.331 e. The first kappa shape index (κ1) is 19.8. The molecule has 1 aliphatic heterocycles. The van der Waals surface area contributed by atoms with Crippen LogP contribution in [0.2, 0.25) is 5.02 Å². The van der Waals surface area contributed by atoms with Crippen molar-refractivity contribution in [3.63, 3.8) is 0 Å². The van der Waals surface area contributed by atoms with E-state index in [1.807, 2.05) is 18.2 Å². The average molecular weight is 402 g/mol. The van der Waals surface area contributed by atoms with E-state index >= 15 is 0 Å². The Labute approximate surface area is 168 Å². The van der Waals surface area contributed by atoms with Crippen LogP contribution in [0.3, 0.4) is 0 Å². The lowest BCUT2D eigenvalue weighted by atomic mass is 10.1. The first-order valence-corrected chi connectivity index (χ1v) is 9.23. The summed E-state index contributed by atoms with van der Waals surface area (Å²) in [6.07, 6.45) is 3.50. The number of rotatable bonds is 7. The summed E-state index contributed by atoms with van der Waals surface area (Å²) in [5.74, 6) is 0.511. The third-order valence-corrected chi connectivity index (χ3v) is 4.22.